The van der Waals surface area contributed by atoms with Crippen LogP contribution in [-0.4, -0.2) is 35.0 Å². The highest BCUT2D eigenvalue weighted by Gasteiger charge is 2.32. The van der Waals surface area contributed by atoms with Gasteiger partial charge in [-0.15, -0.1) is 11.8 Å². The van der Waals surface area contributed by atoms with Gasteiger partial charge in [-0.2, -0.15) is 0 Å². The second-order valence-corrected chi connectivity index (χ2v) is 9.71. The highest BCUT2D eigenvalue weighted by atomic mass is 35.5. The maximum Gasteiger partial charge on any atom is 0.338 e. The molecule has 0 bridgehead atoms. The van der Waals surface area contributed by atoms with Crippen molar-refractivity contribution in [1.29, 1.82) is 0 Å². The molecule has 3 aromatic rings. The van der Waals surface area contributed by atoms with Crippen molar-refractivity contribution in [1.82, 2.24) is 4.90 Å². The molecule has 0 aliphatic carbocycles. The summed E-state index contributed by atoms with van der Waals surface area (Å²) in [4.78, 5) is 39.0. The van der Waals surface area contributed by atoms with Crippen LogP contribution in [0.3, 0.4) is 0 Å². The van der Waals surface area contributed by atoms with Gasteiger partial charge in [-0.05, 0) is 60.5 Å². The van der Waals surface area contributed by atoms with Crippen LogP contribution in [0.25, 0.3) is 0 Å². The minimum atomic E-state index is -0.476. The molecule has 0 saturated carbocycles. The maximum atomic E-state index is 12.8. The lowest BCUT2D eigenvalue weighted by Gasteiger charge is -2.24. The minimum absolute atomic E-state index is 0.0673. The number of esters is 1. The van der Waals surface area contributed by atoms with Gasteiger partial charge in [-0.25, -0.2) is 4.79 Å². The molecule has 6 nitrogen and oxygen atoms in total. The van der Waals surface area contributed by atoms with Crippen molar-refractivity contribution in [2.75, 3.05) is 17.7 Å². The highest BCUT2D eigenvalue weighted by Crippen LogP contribution is 2.39. The Balaban J connectivity index is 1.44. The molecule has 0 aromatic heterocycles. The Morgan fingerprint density at radius 3 is 2.37 bits per heavy atom. The average Bonchev–Trinajstić information content (AvgIpc) is 3.21. The summed E-state index contributed by atoms with van der Waals surface area (Å²) in [5.74, 6) is -0.342. The van der Waals surface area contributed by atoms with Gasteiger partial charge in [-0.1, -0.05) is 47.5 Å². The Morgan fingerprint density at radius 2 is 1.71 bits per heavy atom. The number of thioether (sulfide) groups is 1. The normalized spacial score (nSPS) is 15.2. The molecular formula is C26H22Cl2N2O4S. The van der Waals surface area contributed by atoms with E-state index in [2.05, 4.69) is 5.32 Å². The molecule has 2 amide bonds. The van der Waals surface area contributed by atoms with Gasteiger partial charge in [0.05, 0.1) is 28.6 Å². The lowest BCUT2D eigenvalue weighted by atomic mass is 10.1. The first-order valence-corrected chi connectivity index (χ1v) is 12.7. The van der Waals surface area contributed by atoms with Gasteiger partial charge < -0.3 is 15.0 Å². The van der Waals surface area contributed by atoms with Crippen LogP contribution in [0.1, 0.15) is 44.1 Å². The molecule has 0 unspecified atom stereocenters. The van der Waals surface area contributed by atoms with E-state index in [0.717, 1.165) is 11.1 Å². The zero-order valence-corrected chi connectivity index (χ0v) is 21.1. The molecule has 1 saturated heterocycles. The van der Waals surface area contributed by atoms with Gasteiger partial charge in [-0.3, -0.25) is 9.59 Å². The molecule has 35 heavy (non-hydrogen) atoms. The molecule has 1 heterocycles. The molecule has 4 rings (SSSR count). The van der Waals surface area contributed by atoms with Crippen LogP contribution in [0.4, 0.5) is 5.69 Å². The molecule has 9 heteroatoms. The van der Waals surface area contributed by atoms with Crippen molar-refractivity contribution in [3.8, 4) is 0 Å². The Morgan fingerprint density at radius 1 is 1.03 bits per heavy atom. The van der Waals surface area contributed by atoms with E-state index < -0.39 is 5.97 Å². The SMILES string of the molecule is CCOC(=O)c1ccc(NC(=O)c2ccc([C@@H]3SCC(=O)N3Cc3ccc(Cl)cc3)cc2)c(Cl)c1. The van der Waals surface area contributed by atoms with Crippen LogP contribution < -0.4 is 5.32 Å². The van der Waals surface area contributed by atoms with E-state index in [9.17, 15) is 14.4 Å². The number of halogens is 2. The van der Waals surface area contributed by atoms with Crippen molar-refractivity contribution < 1.29 is 19.1 Å². The first kappa shape index (κ1) is 25.1. The van der Waals surface area contributed by atoms with E-state index in [4.69, 9.17) is 27.9 Å². The summed E-state index contributed by atoms with van der Waals surface area (Å²) in [7, 11) is 0. The summed E-state index contributed by atoms with van der Waals surface area (Å²) in [6.45, 7) is 2.47. The standard InChI is InChI=1S/C26H22Cl2N2O4S/c1-2-34-26(33)19-9-12-22(21(28)13-19)29-24(32)17-5-7-18(8-6-17)25-30(23(31)15-35-25)14-16-3-10-20(27)11-4-16/h3-13,25H,2,14-15H2,1H3,(H,29,32)/t25-/m0/s1. The van der Waals surface area contributed by atoms with Gasteiger partial charge in [0.2, 0.25) is 5.91 Å². The van der Waals surface area contributed by atoms with Crippen LogP contribution in [0.15, 0.2) is 66.7 Å². The fourth-order valence-electron chi connectivity index (χ4n) is 3.64. The van der Waals surface area contributed by atoms with E-state index in [0.29, 0.717) is 34.1 Å². The number of ether oxygens (including phenoxy) is 1. The number of hydrogen-bond acceptors (Lipinski definition) is 5. The van der Waals surface area contributed by atoms with Crippen LogP contribution in [0.2, 0.25) is 10.0 Å². The zero-order chi connectivity index (χ0) is 24.9. The third-order valence-corrected chi connectivity index (χ3v) is 7.24. The molecule has 1 aliphatic heterocycles. The number of benzene rings is 3. The molecule has 0 spiro atoms. The third-order valence-electron chi connectivity index (χ3n) is 5.42. The van der Waals surface area contributed by atoms with E-state index in [1.807, 2.05) is 41.3 Å². The smallest absolute Gasteiger partial charge is 0.338 e. The third kappa shape index (κ3) is 5.99. The van der Waals surface area contributed by atoms with Gasteiger partial charge >= 0.3 is 5.97 Å². The van der Waals surface area contributed by atoms with Crippen LogP contribution in [0.5, 0.6) is 0 Å². The number of carbonyl (C=O) groups excluding carboxylic acids is 3. The molecule has 180 valence electrons. The molecule has 1 fully saturated rings. The Labute approximate surface area is 217 Å². The largest absolute Gasteiger partial charge is 0.462 e. The van der Waals surface area contributed by atoms with Crippen molar-refractivity contribution in [3.05, 3.63) is 99.0 Å². The van der Waals surface area contributed by atoms with Crippen molar-refractivity contribution in [3.63, 3.8) is 0 Å². The first-order valence-electron chi connectivity index (χ1n) is 10.9. The lowest BCUT2D eigenvalue weighted by molar-refractivity contribution is -0.128. The second kappa shape index (κ2) is 11.2. The van der Waals surface area contributed by atoms with Gasteiger partial charge in [0.15, 0.2) is 0 Å². The van der Waals surface area contributed by atoms with E-state index in [1.165, 1.54) is 6.07 Å². The Kier molecular flexibility index (Phi) is 8.00. The zero-order valence-electron chi connectivity index (χ0n) is 18.8. The summed E-state index contributed by atoms with van der Waals surface area (Å²) in [5, 5.41) is 3.51. The molecule has 0 radical (unpaired) electrons. The van der Waals surface area contributed by atoms with Crippen molar-refractivity contribution in [2.24, 2.45) is 0 Å². The fourth-order valence-corrected chi connectivity index (χ4v) is 5.18. The van der Waals surface area contributed by atoms with Crippen molar-refractivity contribution in [2.45, 2.75) is 18.8 Å². The summed E-state index contributed by atoms with van der Waals surface area (Å²) in [6.07, 6.45) is 0. The molecule has 1 atom stereocenters. The molecule has 3 aromatic carbocycles. The topological polar surface area (TPSA) is 75.7 Å². The number of rotatable bonds is 7. The molecular weight excluding hydrogens is 507 g/mol. The maximum absolute atomic E-state index is 12.8. The van der Waals surface area contributed by atoms with Gasteiger partial charge in [0.1, 0.15) is 5.37 Å². The summed E-state index contributed by atoms with van der Waals surface area (Å²) in [6, 6.07) is 19.2. The first-order chi connectivity index (χ1) is 16.9. The quantitative estimate of drug-likeness (QED) is 0.369. The van der Waals surface area contributed by atoms with Crippen molar-refractivity contribution >= 4 is 58.4 Å². The highest BCUT2D eigenvalue weighted by molar-refractivity contribution is 8.00. The number of nitrogens with zero attached hydrogens (tertiary/aromatic N) is 1. The number of carbonyl (C=O) groups is 3. The summed E-state index contributed by atoms with van der Waals surface area (Å²) in [5.41, 5.74) is 3.07. The predicted octanol–water partition coefficient (Wildman–Crippen LogP) is 6.20. The monoisotopic (exact) mass is 528 g/mol. The van der Waals surface area contributed by atoms with Gasteiger partial charge in [0, 0.05) is 17.1 Å². The molecule has 1 aliphatic rings. The predicted molar refractivity (Wildman–Crippen MR) is 139 cm³/mol. The summed E-state index contributed by atoms with van der Waals surface area (Å²) < 4.78 is 4.96. The number of nitrogens with one attached hydrogen (secondary N) is 1. The Bertz CT molecular complexity index is 1250. The van der Waals surface area contributed by atoms with Crippen LogP contribution in [0, 0.1) is 0 Å². The number of hydrogen-bond donors (Lipinski definition) is 1. The van der Waals surface area contributed by atoms with Crippen LogP contribution >= 0.6 is 35.0 Å². The Hall–Kier alpha value is -3.00. The minimum Gasteiger partial charge on any atom is -0.462 e. The van der Waals surface area contributed by atoms with E-state index in [-0.39, 0.29) is 28.8 Å². The van der Waals surface area contributed by atoms with Gasteiger partial charge in [0.25, 0.3) is 5.91 Å². The average molecular weight is 529 g/mol. The summed E-state index contributed by atoms with van der Waals surface area (Å²) >= 11 is 13.8. The number of amides is 2. The fraction of sp³-hybridized carbons (Fsp3) is 0.192. The lowest BCUT2D eigenvalue weighted by Crippen LogP contribution is -2.27. The second-order valence-electron chi connectivity index (χ2n) is 7.80. The molecule has 1 N–H and O–H groups in total. The number of anilines is 1. The van der Waals surface area contributed by atoms with E-state index in [1.54, 1.807) is 43.0 Å². The van der Waals surface area contributed by atoms with Crippen LogP contribution in [-0.2, 0) is 16.1 Å². The van der Waals surface area contributed by atoms with E-state index >= 15 is 0 Å².